The number of hydrogen-bond acceptors (Lipinski definition) is 1. The van der Waals surface area contributed by atoms with Crippen molar-refractivity contribution in [3.8, 4) is 0 Å². The molecular weight excluding hydrogens is 280 g/mol. The highest BCUT2D eigenvalue weighted by Crippen LogP contribution is 2.36. The largest absolute Gasteiger partial charge is 0.307 e. The van der Waals surface area contributed by atoms with Gasteiger partial charge in [-0.15, -0.1) is 0 Å². The Morgan fingerprint density at radius 1 is 0.783 bits per heavy atom. The van der Waals surface area contributed by atoms with Crippen molar-refractivity contribution in [1.82, 2.24) is 9.38 Å². The highest BCUT2D eigenvalue weighted by Gasteiger charge is 2.15. The van der Waals surface area contributed by atoms with Crippen LogP contribution in [0.1, 0.15) is 11.1 Å². The first kappa shape index (κ1) is 12.7. The number of aryl methyl sites for hydroxylation is 2. The zero-order chi connectivity index (χ0) is 15.6. The molecule has 0 N–H and O–H groups in total. The van der Waals surface area contributed by atoms with Crippen molar-refractivity contribution in [3.05, 3.63) is 71.9 Å². The van der Waals surface area contributed by atoms with Crippen LogP contribution in [-0.4, -0.2) is 9.38 Å². The molecule has 0 amide bonds. The van der Waals surface area contributed by atoms with E-state index in [1.165, 1.54) is 43.8 Å². The molecule has 0 aliphatic carbocycles. The number of para-hydroxylation sites is 1. The lowest BCUT2D eigenvalue weighted by Crippen LogP contribution is -1.93. The van der Waals surface area contributed by atoms with Crippen LogP contribution < -0.4 is 0 Å². The maximum atomic E-state index is 4.70. The molecule has 0 spiro atoms. The van der Waals surface area contributed by atoms with Crippen molar-refractivity contribution in [2.75, 3.05) is 0 Å². The van der Waals surface area contributed by atoms with Crippen LogP contribution in [-0.2, 0) is 0 Å². The fourth-order valence-corrected chi connectivity index (χ4v) is 3.82. The number of rotatable bonds is 0. The van der Waals surface area contributed by atoms with Gasteiger partial charge >= 0.3 is 0 Å². The molecule has 5 rings (SSSR count). The number of benzene rings is 2. The van der Waals surface area contributed by atoms with Crippen LogP contribution in [0.15, 0.2) is 60.8 Å². The molecule has 3 heterocycles. The van der Waals surface area contributed by atoms with E-state index in [1.54, 1.807) is 0 Å². The second-order valence-corrected chi connectivity index (χ2v) is 6.25. The quantitative estimate of drug-likeness (QED) is 0.349. The molecular formula is C21H16N2. The summed E-state index contributed by atoms with van der Waals surface area (Å²) in [4.78, 5) is 4.70. The Morgan fingerprint density at radius 2 is 1.61 bits per heavy atom. The van der Waals surface area contributed by atoms with E-state index in [0.717, 1.165) is 5.52 Å². The van der Waals surface area contributed by atoms with Crippen LogP contribution in [0.5, 0.6) is 0 Å². The van der Waals surface area contributed by atoms with Crippen LogP contribution in [0.25, 0.3) is 38.2 Å². The molecule has 3 aromatic heterocycles. The van der Waals surface area contributed by atoms with Gasteiger partial charge < -0.3 is 4.40 Å². The molecule has 0 aliphatic rings. The molecule has 0 fully saturated rings. The van der Waals surface area contributed by atoms with Crippen molar-refractivity contribution in [2.45, 2.75) is 13.8 Å². The Morgan fingerprint density at radius 3 is 2.52 bits per heavy atom. The molecule has 2 heteroatoms. The highest BCUT2D eigenvalue weighted by atomic mass is 14.9. The minimum absolute atomic E-state index is 1.07. The smallest absolute Gasteiger partial charge is 0.0949 e. The molecule has 2 aromatic carbocycles. The molecule has 110 valence electrons. The van der Waals surface area contributed by atoms with E-state index in [0.29, 0.717) is 0 Å². The lowest BCUT2D eigenvalue weighted by atomic mass is 10.0. The average Bonchev–Trinajstić information content (AvgIpc) is 2.89. The molecule has 2 nitrogen and oxygen atoms in total. The lowest BCUT2D eigenvalue weighted by molar-refractivity contribution is 1.30. The SMILES string of the molecule is Cc1ccc2c(c1)c1ncccc1n1c3ccccc3c(C)c21. The molecule has 0 aliphatic heterocycles. The van der Waals surface area contributed by atoms with Gasteiger partial charge in [0.1, 0.15) is 0 Å². The second kappa shape index (κ2) is 4.32. The van der Waals surface area contributed by atoms with Crippen LogP contribution in [0.2, 0.25) is 0 Å². The summed E-state index contributed by atoms with van der Waals surface area (Å²) in [6.07, 6.45) is 1.88. The van der Waals surface area contributed by atoms with Gasteiger partial charge in [-0.1, -0.05) is 35.9 Å². The second-order valence-electron chi connectivity index (χ2n) is 6.25. The normalized spacial score (nSPS) is 11.9. The van der Waals surface area contributed by atoms with Crippen LogP contribution >= 0.6 is 0 Å². The predicted octanol–water partition coefficient (Wildman–Crippen LogP) is 5.41. The molecule has 0 atom stereocenters. The maximum absolute atomic E-state index is 4.70. The number of hydrogen-bond donors (Lipinski definition) is 0. The van der Waals surface area contributed by atoms with Gasteiger partial charge in [0, 0.05) is 22.4 Å². The van der Waals surface area contributed by atoms with Gasteiger partial charge in [-0.05, 0) is 43.7 Å². The molecule has 0 saturated carbocycles. The van der Waals surface area contributed by atoms with E-state index >= 15 is 0 Å². The third-order valence-corrected chi connectivity index (χ3v) is 4.84. The van der Waals surface area contributed by atoms with Gasteiger partial charge in [0.2, 0.25) is 0 Å². The van der Waals surface area contributed by atoms with Crippen molar-refractivity contribution >= 4 is 38.2 Å². The summed E-state index contributed by atoms with van der Waals surface area (Å²) in [5.41, 5.74) is 7.38. The Labute approximate surface area is 134 Å². The first-order chi connectivity index (χ1) is 11.3. The molecule has 23 heavy (non-hydrogen) atoms. The minimum atomic E-state index is 1.07. The monoisotopic (exact) mass is 296 g/mol. The molecule has 5 aromatic rings. The van der Waals surface area contributed by atoms with Crippen molar-refractivity contribution < 1.29 is 0 Å². The summed E-state index contributed by atoms with van der Waals surface area (Å²) in [7, 11) is 0. The summed E-state index contributed by atoms with van der Waals surface area (Å²) in [5, 5.41) is 3.82. The van der Waals surface area contributed by atoms with E-state index in [4.69, 9.17) is 4.98 Å². The maximum Gasteiger partial charge on any atom is 0.0949 e. The summed E-state index contributed by atoms with van der Waals surface area (Å²) < 4.78 is 2.37. The van der Waals surface area contributed by atoms with E-state index in [1.807, 2.05) is 12.3 Å². The van der Waals surface area contributed by atoms with Gasteiger partial charge in [-0.3, -0.25) is 4.98 Å². The van der Waals surface area contributed by atoms with Gasteiger partial charge in [0.05, 0.1) is 22.1 Å². The minimum Gasteiger partial charge on any atom is -0.307 e. The van der Waals surface area contributed by atoms with Crippen LogP contribution in [0.3, 0.4) is 0 Å². The van der Waals surface area contributed by atoms with E-state index < -0.39 is 0 Å². The standard InChI is InChI=1S/C21H16N2/c1-13-9-10-16-17(12-13)20-19(8-5-11-22-20)23-18-7-4-3-6-15(18)14(2)21(16)23/h3-12H,1-2H3. The molecule has 0 saturated heterocycles. The van der Waals surface area contributed by atoms with Crippen molar-refractivity contribution in [2.24, 2.45) is 0 Å². The zero-order valence-electron chi connectivity index (χ0n) is 13.2. The summed E-state index contributed by atoms with van der Waals surface area (Å²) in [5.74, 6) is 0. The summed E-state index contributed by atoms with van der Waals surface area (Å²) in [6.45, 7) is 4.36. The van der Waals surface area contributed by atoms with Gasteiger partial charge in [-0.25, -0.2) is 0 Å². The van der Waals surface area contributed by atoms with Crippen molar-refractivity contribution in [3.63, 3.8) is 0 Å². The number of fused-ring (bicyclic) bond motifs is 8. The van der Waals surface area contributed by atoms with E-state index in [-0.39, 0.29) is 0 Å². The van der Waals surface area contributed by atoms with Gasteiger partial charge in [-0.2, -0.15) is 0 Å². The fraction of sp³-hybridized carbons (Fsp3) is 0.0952. The third-order valence-electron chi connectivity index (χ3n) is 4.84. The molecule has 0 unspecified atom stereocenters. The van der Waals surface area contributed by atoms with Crippen LogP contribution in [0.4, 0.5) is 0 Å². The Kier molecular flexibility index (Phi) is 2.38. The first-order valence-electron chi connectivity index (χ1n) is 7.92. The van der Waals surface area contributed by atoms with E-state index in [2.05, 4.69) is 66.8 Å². The molecule has 0 bridgehead atoms. The Hall–Kier alpha value is -2.87. The number of aromatic nitrogens is 2. The van der Waals surface area contributed by atoms with E-state index in [9.17, 15) is 0 Å². The number of pyridine rings is 2. The first-order valence-corrected chi connectivity index (χ1v) is 7.92. The lowest BCUT2D eigenvalue weighted by Gasteiger charge is -2.10. The van der Waals surface area contributed by atoms with Crippen molar-refractivity contribution in [1.29, 1.82) is 0 Å². The predicted molar refractivity (Wildman–Crippen MR) is 97.2 cm³/mol. The number of nitrogens with zero attached hydrogens (tertiary/aromatic N) is 2. The summed E-state index contributed by atoms with van der Waals surface area (Å²) >= 11 is 0. The third kappa shape index (κ3) is 1.55. The summed E-state index contributed by atoms with van der Waals surface area (Å²) in [6, 6.07) is 19.5. The topological polar surface area (TPSA) is 17.3 Å². The fourth-order valence-electron chi connectivity index (χ4n) is 3.82. The average molecular weight is 296 g/mol. The van der Waals surface area contributed by atoms with Gasteiger partial charge in [0.25, 0.3) is 0 Å². The highest BCUT2D eigenvalue weighted by molar-refractivity contribution is 6.15. The zero-order valence-corrected chi connectivity index (χ0v) is 13.2. The van der Waals surface area contributed by atoms with Gasteiger partial charge in [0.15, 0.2) is 0 Å². The Balaban J connectivity index is 2.26. The molecule has 0 radical (unpaired) electrons. The Bertz CT molecular complexity index is 1230. The van der Waals surface area contributed by atoms with Crippen LogP contribution in [0, 0.1) is 13.8 Å².